The Morgan fingerprint density at radius 1 is 1.33 bits per heavy atom. The Labute approximate surface area is 94.0 Å². The van der Waals surface area contributed by atoms with Crippen molar-refractivity contribution in [3.05, 3.63) is 34.3 Å². The second kappa shape index (κ2) is 4.99. The highest BCUT2D eigenvalue weighted by molar-refractivity contribution is 9.10. The van der Waals surface area contributed by atoms with Crippen LogP contribution in [0.1, 0.15) is 12.0 Å². The van der Waals surface area contributed by atoms with Crippen LogP contribution in [0.15, 0.2) is 28.7 Å². The lowest BCUT2D eigenvalue weighted by Gasteiger charge is -2.13. The zero-order valence-electron chi connectivity index (χ0n) is 7.76. The van der Waals surface area contributed by atoms with Gasteiger partial charge in [0, 0.05) is 4.47 Å². The normalized spacial score (nSPS) is 13.9. The van der Waals surface area contributed by atoms with Gasteiger partial charge in [-0.3, -0.25) is 0 Å². The highest BCUT2D eigenvalue weighted by Crippen LogP contribution is 2.23. The van der Waals surface area contributed by atoms with Crippen LogP contribution in [-0.2, 0) is 6.42 Å². The first-order valence-corrected chi connectivity index (χ1v) is 5.15. The Kier molecular flexibility index (Phi) is 4.16. The van der Waals surface area contributed by atoms with Gasteiger partial charge in [0.25, 0.3) is 0 Å². The molecule has 0 spiro atoms. The van der Waals surface area contributed by atoms with Gasteiger partial charge in [0.15, 0.2) is 0 Å². The van der Waals surface area contributed by atoms with Crippen molar-refractivity contribution in [1.29, 1.82) is 0 Å². The Morgan fingerprint density at radius 3 is 2.53 bits per heavy atom. The average molecular weight is 283 g/mol. The molecule has 0 saturated carbocycles. The molecule has 0 aliphatic rings. The van der Waals surface area contributed by atoms with Crippen molar-refractivity contribution in [2.45, 2.75) is 25.1 Å². The van der Waals surface area contributed by atoms with Crippen LogP contribution < -0.4 is 0 Å². The molecule has 1 unspecified atom stereocenters. The summed E-state index contributed by atoms with van der Waals surface area (Å²) in [5.74, 6) is 0. The van der Waals surface area contributed by atoms with Crippen molar-refractivity contribution in [2.24, 2.45) is 0 Å². The number of hydrogen-bond donors (Lipinski definition) is 1. The third-order valence-corrected chi connectivity index (χ3v) is 2.32. The van der Waals surface area contributed by atoms with Gasteiger partial charge in [-0.05, 0) is 24.1 Å². The van der Waals surface area contributed by atoms with Gasteiger partial charge in [0.05, 0.1) is 12.5 Å². The maximum absolute atomic E-state index is 11.9. The molecule has 0 aromatic heterocycles. The van der Waals surface area contributed by atoms with Crippen LogP contribution in [0.4, 0.5) is 13.2 Å². The zero-order valence-corrected chi connectivity index (χ0v) is 9.35. The summed E-state index contributed by atoms with van der Waals surface area (Å²) < 4.78 is 36.5. The zero-order chi connectivity index (χ0) is 11.5. The van der Waals surface area contributed by atoms with Gasteiger partial charge in [-0.15, -0.1) is 0 Å². The number of rotatable bonds is 3. The number of hydrogen-bond acceptors (Lipinski definition) is 1. The lowest BCUT2D eigenvalue weighted by Crippen LogP contribution is -2.21. The quantitative estimate of drug-likeness (QED) is 0.902. The Morgan fingerprint density at radius 2 is 2.00 bits per heavy atom. The van der Waals surface area contributed by atoms with Crippen LogP contribution in [-0.4, -0.2) is 17.4 Å². The molecule has 0 amide bonds. The van der Waals surface area contributed by atoms with Gasteiger partial charge in [0.1, 0.15) is 0 Å². The molecule has 0 heterocycles. The fourth-order valence-corrected chi connectivity index (χ4v) is 1.72. The molecule has 0 radical (unpaired) electrons. The fourth-order valence-electron chi connectivity index (χ4n) is 1.28. The molecule has 1 nitrogen and oxygen atoms in total. The number of aliphatic hydroxyl groups is 1. The monoisotopic (exact) mass is 282 g/mol. The van der Waals surface area contributed by atoms with E-state index in [0.717, 1.165) is 4.47 Å². The predicted molar refractivity (Wildman–Crippen MR) is 54.5 cm³/mol. The molecule has 5 heteroatoms. The van der Waals surface area contributed by atoms with Gasteiger partial charge < -0.3 is 5.11 Å². The molecule has 0 aliphatic heterocycles. The summed E-state index contributed by atoms with van der Waals surface area (Å²) in [5, 5.41) is 9.19. The molecule has 0 aliphatic carbocycles. The van der Waals surface area contributed by atoms with E-state index in [0.29, 0.717) is 5.56 Å². The molecular formula is C10H10BrF3O. The second-order valence-electron chi connectivity index (χ2n) is 3.31. The number of halogens is 4. The van der Waals surface area contributed by atoms with Crippen LogP contribution in [0.2, 0.25) is 0 Å². The van der Waals surface area contributed by atoms with Crippen molar-refractivity contribution >= 4 is 15.9 Å². The fraction of sp³-hybridized carbons (Fsp3) is 0.400. The van der Waals surface area contributed by atoms with E-state index in [-0.39, 0.29) is 6.42 Å². The number of benzene rings is 1. The third kappa shape index (κ3) is 5.18. The van der Waals surface area contributed by atoms with E-state index < -0.39 is 18.7 Å². The van der Waals surface area contributed by atoms with E-state index in [1.807, 2.05) is 0 Å². The molecule has 1 atom stereocenters. The summed E-state index contributed by atoms with van der Waals surface area (Å²) in [7, 11) is 0. The summed E-state index contributed by atoms with van der Waals surface area (Å²) in [5.41, 5.74) is 0.682. The molecule has 0 saturated heterocycles. The highest BCUT2D eigenvalue weighted by atomic mass is 79.9. The molecule has 1 aromatic rings. The van der Waals surface area contributed by atoms with Crippen molar-refractivity contribution in [3.63, 3.8) is 0 Å². The topological polar surface area (TPSA) is 20.2 Å². The first kappa shape index (κ1) is 12.5. The smallest absolute Gasteiger partial charge is 0.391 e. The third-order valence-electron chi connectivity index (χ3n) is 1.83. The van der Waals surface area contributed by atoms with E-state index in [1.54, 1.807) is 24.3 Å². The first-order chi connectivity index (χ1) is 6.87. The minimum absolute atomic E-state index is 0.0128. The van der Waals surface area contributed by atoms with E-state index >= 15 is 0 Å². The van der Waals surface area contributed by atoms with Crippen molar-refractivity contribution in [2.75, 3.05) is 0 Å². The van der Waals surface area contributed by atoms with Gasteiger partial charge in [-0.2, -0.15) is 13.2 Å². The van der Waals surface area contributed by atoms with Crippen molar-refractivity contribution < 1.29 is 18.3 Å². The van der Waals surface area contributed by atoms with E-state index in [4.69, 9.17) is 0 Å². The molecule has 0 fully saturated rings. The Bertz CT molecular complexity index is 325. The minimum Gasteiger partial charge on any atom is -0.392 e. The summed E-state index contributed by atoms with van der Waals surface area (Å²) in [6.07, 6.45) is -6.84. The van der Waals surface area contributed by atoms with Crippen LogP contribution in [0.3, 0.4) is 0 Å². The predicted octanol–water partition coefficient (Wildman–Crippen LogP) is 3.30. The minimum atomic E-state index is -4.31. The van der Waals surface area contributed by atoms with Gasteiger partial charge >= 0.3 is 6.18 Å². The standard InChI is InChI=1S/C10H10BrF3O/c11-8-3-1-2-7(4-8)5-9(15)6-10(12,13)14/h1-4,9,15H,5-6H2. The molecular weight excluding hydrogens is 273 g/mol. The van der Waals surface area contributed by atoms with Crippen LogP contribution >= 0.6 is 15.9 Å². The molecule has 1 aromatic carbocycles. The average Bonchev–Trinajstić information content (AvgIpc) is 1.99. The summed E-state index contributed by atoms with van der Waals surface area (Å²) in [6.45, 7) is 0. The van der Waals surface area contributed by atoms with E-state index in [1.165, 1.54) is 0 Å². The number of aliphatic hydroxyl groups excluding tert-OH is 1. The summed E-state index contributed by atoms with van der Waals surface area (Å²) >= 11 is 3.21. The molecule has 1 N–H and O–H groups in total. The van der Waals surface area contributed by atoms with E-state index in [2.05, 4.69) is 15.9 Å². The molecule has 84 valence electrons. The SMILES string of the molecule is OC(Cc1cccc(Br)c1)CC(F)(F)F. The second-order valence-corrected chi connectivity index (χ2v) is 4.22. The lowest BCUT2D eigenvalue weighted by atomic mass is 10.1. The summed E-state index contributed by atoms with van der Waals surface area (Å²) in [4.78, 5) is 0. The van der Waals surface area contributed by atoms with Gasteiger partial charge in [0.2, 0.25) is 0 Å². The van der Waals surface area contributed by atoms with Gasteiger partial charge in [-0.1, -0.05) is 28.1 Å². The Balaban J connectivity index is 2.55. The maximum atomic E-state index is 11.9. The van der Waals surface area contributed by atoms with Crippen molar-refractivity contribution in [1.82, 2.24) is 0 Å². The lowest BCUT2D eigenvalue weighted by molar-refractivity contribution is -0.153. The van der Waals surface area contributed by atoms with Crippen LogP contribution in [0.25, 0.3) is 0 Å². The van der Waals surface area contributed by atoms with Crippen LogP contribution in [0, 0.1) is 0 Å². The molecule has 1 rings (SSSR count). The summed E-state index contributed by atoms with van der Waals surface area (Å²) in [6, 6.07) is 6.88. The van der Waals surface area contributed by atoms with Crippen LogP contribution in [0.5, 0.6) is 0 Å². The largest absolute Gasteiger partial charge is 0.392 e. The Hall–Kier alpha value is -0.550. The van der Waals surface area contributed by atoms with E-state index in [9.17, 15) is 18.3 Å². The highest BCUT2D eigenvalue weighted by Gasteiger charge is 2.30. The van der Waals surface area contributed by atoms with Gasteiger partial charge in [-0.25, -0.2) is 0 Å². The molecule has 15 heavy (non-hydrogen) atoms. The van der Waals surface area contributed by atoms with Crippen molar-refractivity contribution in [3.8, 4) is 0 Å². The maximum Gasteiger partial charge on any atom is 0.391 e. The number of alkyl halides is 3. The first-order valence-electron chi connectivity index (χ1n) is 4.36. The molecule has 0 bridgehead atoms.